The first-order valence-corrected chi connectivity index (χ1v) is 4.67. The van der Waals surface area contributed by atoms with Crippen LogP contribution in [0.15, 0.2) is 0 Å². The van der Waals surface area contributed by atoms with E-state index in [0.717, 1.165) is 19.3 Å². The van der Waals surface area contributed by atoms with Gasteiger partial charge < -0.3 is 14.2 Å². The number of methoxy groups -OCH3 is 3. The maximum absolute atomic E-state index is 11.5. The minimum Gasteiger partial charge on any atom is -0.467 e. The summed E-state index contributed by atoms with van der Waals surface area (Å²) in [5, 5.41) is 1.02. The van der Waals surface area contributed by atoms with Crippen molar-refractivity contribution < 1.29 is 33.4 Å². The first kappa shape index (κ1) is 13.4. The molecule has 8 heteroatoms. The van der Waals surface area contributed by atoms with Crippen LogP contribution in [0.5, 0.6) is 0 Å². The molecule has 1 fully saturated rings. The summed E-state index contributed by atoms with van der Waals surface area (Å²) in [5.74, 6) is -2.22. The van der Waals surface area contributed by atoms with Gasteiger partial charge in [-0.1, -0.05) is 0 Å². The Morgan fingerprint density at radius 1 is 1.06 bits per heavy atom. The number of carbonyl (C=O) groups excluding carboxylic acids is 3. The molecule has 0 radical (unpaired) electrons. The second kappa shape index (κ2) is 5.11. The summed E-state index contributed by atoms with van der Waals surface area (Å²) in [6.45, 7) is -0.421. The van der Waals surface area contributed by atoms with E-state index in [1.165, 1.54) is 7.11 Å². The Balaban J connectivity index is 2.63. The van der Waals surface area contributed by atoms with Crippen molar-refractivity contribution in [2.75, 3.05) is 34.5 Å². The molecule has 1 rings (SSSR count). The molecular formula is C9H13NO7. The zero-order valence-corrected chi connectivity index (χ0v) is 9.72. The SMILES string of the molecule is COC(=O)CO[15N]1CC1(C(=O)OC)C(=O)OC. The molecule has 0 saturated carbocycles. The van der Waals surface area contributed by atoms with Crippen LogP contribution in [0.2, 0.25) is 0 Å². The van der Waals surface area contributed by atoms with Gasteiger partial charge in [0, 0.05) is 0 Å². The first-order chi connectivity index (χ1) is 8.02. The fraction of sp³-hybridized carbons (Fsp3) is 0.667. The van der Waals surface area contributed by atoms with E-state index < -0.39 is 30.1 Å². The van der Waals surface area contributed by atoms with Gasteiger partial charge in [-0.25, -0.2) is 14.4 Å². The van der Waals surface area contributed by atoms with Crippen molar-refractivity contribution in [2.24, 2.45) is 0 Å². The number of hydrogen-bond acceptors (Lipinski definition) is 8. The Morgan fingerprint density at radius 3 is 2.00 bits per heavy atom. The Kier molecular flexibility index (Phi) is 4.02. The largest absolute Gasteiger partial charge is 0.467 e. The Morgan fingerprint density at radius 2 is 1.59 bits per heavy atom. The molecule has 17 heavy (non-hydrogen) atoms. The molecule has 0 aromatic rings. The maximum Gasteiger partial charge on any atom is 0.341 e. The number of rotatable bonds is 5. The third kappa shape index (κ3) is 2.37. The van der Waals surface area contributed by atoms with E-state index in [2.05, 4.69) is 14.2 Å². The summed E-state index contributed by atoms with van der Waals surface area (Å²) in [5.41, 5.74) is -1.60. The summed E-state index contributed by atoms with van der Waals surface area (Å²) < 4.78 is 13.3. The van der Waals surface area contributed by atoms with Crippen LogP contribution >= 0.6 is 0 Å². The first-order valence-electron chi connectivity index (χ1n) is 4.67. The van der Waals surface area contributed by atoms with Gasteiger partial charge in [-0.3, -0.25) is 4.84 Å². The molecule has 0 amide bonds. The topological polar surface area (TPSA) is 91.1 Å². The van der Waals surface area contributed by atoms with Crippen molar-refractivity contribution in [3.05, 3.63) is 0 Å². The van der Waals surface area contributed by atoms with Crippen LogP contribution in [-0.2, 0) is 33.4 Å². The monoisotopic (exact) mass is 248 g/mol. The Bertz CT molecular complexity index is 324. The second-order valence-corrected chi connectivity index (χ2v) is 3.23. The average molecular weight is 248 g/mol. The molecule has 1 heterocycles. The molecule has 1 aliphatic heterocycles. The normalized spacial score (nSPS) is 20.3. The van der Waals surface area contributed by atoms with Crippen LogP contribution in [0, 0.1) is 0 Å². The predicted molar refractivity (Wildman–Crippen MR) is 51.4 cm³/mol. The molecule has 0 aliphatic carbocycles. The van der Waals surface area contributed by atoms with Gasteiger partial charge in [0.05, 0.1) is 27.9 Å². The van der Waals surface area contributed by atoms with E-state index in [4.69, 9.17) is 4.84 Å². The van der Waals surface area contributed by atoms with Crippen molar-refractivity contribution in [3.63, 3.8) is 0 Å². The van der Waals surface area contributed by atoms with E-state index in [1.54, 1.807) is 0 Å². The van der Waals surface area contributed by atoms with E-state index in [0.29, 0.717) is 0 Å². The van der Waals surface area contributed by atoms with Crippen LogP contribution in [0.3, 0.4) is 0 Å². The lowest BCUT2D eigenvalue weighted by Gasteiger charge is -2.12. The highest BCUT2D eigenvalue weighted by molar-refractivity contribution is 6.08. The third-order valence-electron chi connectivity index (χ3n) is 2.31. The minimum absolute atomic E-state index is 0.0245. The third-order valence-corrected chi connectivity index (χ3v) is 2.31. The lowest BCUT2D eigenvalue weighted by atomic mass is 10.2. The average Bonchev–Trinajstić information content (AvgIpc) is 3.09. The van der Waals surface area contributed by atoms with Crippen molar-refractivity contribution in [1.82, 2.24) is 5.06 Å². The molecule has 8 nitrogen and oxygen atoms in total. The number of hydroxylamine groups is 2. The maximum atomic E-state index is 11.5. The predicted octanol–water partition coefficient (Wildman–Crippen LogP) is -1.51. The molecule has 0 bridgehead atoms. The fourth-order valence-electron chi connectivity index (χ4n) is 1.27. The quantitative estimate of drug-likeness (QED) is 0.191. The highest BCUT2D eigenvalue weighted by Crippen LogP contribution is 2.35. The molecule has 1 aliphatic rings. The summed E-state index contributed by atoms with van der Waals surface area (Å²) in [6, 6.07) is 0. The molecule has 1 atom stereocenters. The van der Waals surface area contributed by atoms with Gasteiger partial charge in [-0.05, 0) is 0 Å². The van der Waals surface area contributed by atoms with Gasteiger partial charge in [0.2, 0.25) is 0 Å². The molecule has 0 spiro atoms. The van der Waals surface area contributed by atoms with E-state index in [9.17, 15) is 14.4 Å². The summed E-state index contributed by atoms with van der Waals surface area (Å²) in [6.07, 6.45) is 0. The molecule has 1 unspecified atom stereocenters. The van der Waals surface area contributed by atoms with Gasteiger partial charge in [0.1, 0.15) is 0 Å². The minimum atomic E-state index is -1.60. The van der Waals surface area contributed by atoms with Crippen LogP contribution < -0.4 is 0 Å². The fourth-order valence-corrected chi connectivity index (χ4v) is 1.27. The lowest BCUT2D eigenvalue weighted by molar-refractivity contribution is -0.178. The van der Waals surface area contributed by atoms with Crippen molar-refractivity contribution >= 4 is 17.9 Å². The molecule has 1 saturated heterocycles. The molecule has 0 aromatic carbocycles. The van der Waals surface area contributed by atoms with Crippen LogP contribution in [0.1, 0.15) is 0 Å². The summed E-state index contributed by atoms with van der Waals surface area (Å²) >= 11 is 0. The standard InChI is InChI=1S/C9H13NO7/c1-14-6(11)4-17-10-5-9(10,7(12)15-2)8(13)16-3/h4-5H2,1-3H3/i10+1. The van der Waals surface area contributed by atoms with Gasteiger partial charge in [0.15, 0.2) is 6.61 Å². The summed E-state index contributed by atoms with van der Waals surface area (Å²) in [7, 11) is 3.48. The zero-order chi connectivity index (χ0) is 13.1. The number of ether oxygens (including phenoxy) is 3. The number of nitrogens with zero attached hydrogens (tertiary/aromatic N) is 1. The van der Waals surface area contributed by atoms with Crippen molar-refractivity contribution in [2.45, 2.75) is 5.54 Å². The Hall–Kier alpha value is -1.67. The zero-order valence-electron chi connectivity index (χ0n) is 9.72. The molecule has 96 valence electrons. The number of carbonyl (C=O) groups is 3. The van der Waals surface area contributed by atoms with E-state index in [1.807, 2.05) is 0 Å². The highest BCUT2D eigenvalue weighted by atomic mass is 16.9. The van der Waals surface area contributed by atoms with Gasteiger partial charge in [0.25, 0.3) is 5.54 Å². The number of hydrogen-bond donors (Lipinski definition) is 0. The second-order valence-electron chi connectivity index (χ2n) is 3.23. The van der Waals surface area contributed by atoms with E-state index in [-0.39, 0.29) is 6.54 Å². The molecule has 0 N–H and O–H groups in total. The highest BCUT2D eigenvalue weighted by Gasteiger charge is 2.68. The molecular weight excluding hydrogens is 235 g/mol. The van der Waals surface area contributed by atoms with Crippen LogP contribution in [0.25, 0.3) is 0 Å². The van der Waals surface area contributed by atoms with Gasteiger partial charge >= 0.3 is 17.9 Å². The smallest absolute Gasteiger partial charge is 0.341 e. The van der Waals surface area contributed by atoms with Gasteiger partial charge in [-0.2, -0.15) is 5.06 Å². The van der Waals surface area contributed by atoms with E-state index >= 15 is 0 Å². The number of esters is 3. The van der Waals surface area contributed by atoms with Gasteiger partial charge in [-0.15, -0.1) is 0 Å². The molecule has 0 aromatic heterocycles. The van der Waals surface area contributed by atoms with Crippen molar-refractivity contribution in [1.29, 1.82) is 0 Å². The lowest BCUT2D eigenvalue weighted by Crippen LogP contribution is -2.40. The van der Waals surface area contributed by atoms with Crippen LogP contribution in [0.4, 0.5) is 0 Å². The van der Waals surface area contributed by atoms with Crippen molar-refractivity contribution in [3.8, 4) is 0 Å². The Labute approximate surface area is 97.3 Å². The van der Waals surface area contributed by atoms with Crippen LogP contribution in [-0.4, -0.2) is 63.0 Å². The summed E-state index contributed by atoms with van der Waals surface area (Å²) in [4.78, 5) is 38.7.